The summed E-state index contributed by atoms with van der Waals surface area (Å²) in [4.78, 5) is 0. The van der Waals surface area contributed by atoms with E-state index in [9.17, 15) is 0 Å². The zero-order valence-corrected chi connectivity index (χ0v) is 9.52. The first kappa shape index (κ1) is 10.7. The number of hydrogen-bond donors (Lipinski definition) is 1. The van der Waals surface area contributed by atoms with Crippen LogP contribution in [0.4, 0.5) is 0 Å². The first-order valence-corrected chi connectivity index (χ1v) is 6.08. The highest BCUT2D eigenvalue weighted by Gasteiger charge is 2.15. The van der Waals surface area contributed by atoms with E-state index in [1.54, 1.807) is 0 Å². The average Bonchev–Trinajstić information content (AvgIpc) is 2.71. The number of hydrogen-bond acceptors (Lipinski definition) is 2. The molecule has 0 aromatic carbocycles. The molecule has 1 aliphatic rings. The molecule has 1 unspecified atom stereocenters. The van der Waals surface area contributed by atoms with Gasteiger partial charge in [-0.2, -0.15) is 5.10 Å². The highest BCUT2D eigenvalue weighted by molar-refractivity contribution is 4.80. The van der Waals surface area contributed by atoms with Crippen molar-refractivity contribution in [2.75, 3.05) is 0 Å². The van der Waals surface area contributed by atoms with Crippen molar-refractivity contribution < 1.29 is 0 Å². The Bertz CT molecular complexity index is 262. The second-order valence-electron chi connectivity index (χ2n) is 4.63. The molecular weight excluding hydrogens is 186 g/mol. The van der Waals surface area contributed by atoms with E-state index in [0.717, 1.165) is 12.6 Å². The second-order valence-corrected chi connectivity index (χ2v) is 4.63. The smallest absolute Gasteiger partial charge is 0.0560 e. The molecule has 0 amide bonds. The number of nitrogens with one attached hydrogen (secondary N) is 1. The molecule has 0 aliphatic heterocycles. The molecule has 1 aliphatic carbocycles. The Labute approximate surface area is 91.9 Å². The van der Waals surface area contributed by atoms with Gasteiger partial charge in [-0.3, -0.25) is 4.68 Å². The number of rotatable bonds is 4. The van der Waals surface area contributed by atoms with Gasteiger partial charge in [0.05, 0.1) is 6.54 Å². The standard InChI is InChI=1S/C12H21N3/c1-11(10-15-9-5-8-13-15)14-12-6-3-2-4-7-12/h5,8-9,11-12,14H,2-4,6-7,10H2,1H3. The Morgan fingerprint density at radius 3 is 2.87 bits per heavy atom. The van der Waals surface area contributed by atoms with E-state index in [4.69, 9.17) is 0 Å². The maximum absolute atomic E-state index is 4.23. The zero-order valence-electron chi connectivity index (χ0n) is 9.52. The van der Waals surface area contributed by atoms with E-state index in [0.29, 0.717) is 6.04 Å². The summed E-state index contributed by atoms with van der Waals surface area (Å²) >= 11 is 0. The molecule has 1 fully saturated rings. The molecule has 0 spiro atoms. The monoisotopic (exact) mass is 207 g/mol. The van der Waals surface area contributed by atoms with Crippen LogP contribution in [0.2, 0.25) is 0 Å². The molecule has 1 atom stereocenters. The predicted molar refractivity (Wildman–Crippen MR) is 61.7 cm³/mol. The third-order valence-corrected chi connectivity index (χ3v) is 3.15. The van der Waals surface area contributed by atoms with Gasteiger partial charge in [-0.05, 0) is 25.8 Å². The Balaban J connectivity index is 1.74. The fourth-order valence-electron chi connectivity index (χ4n) is 2.41. The molecule has 0 saturated heterocycles. The summed E-state index contributed by atoms with van der Waals surface area (Å²) in [6.07, 6.45) is 10.8. The largest absolute Gasteiger partial charge is 0.310 e. The van der Waals surface area contributed by atoms with Gasteiger partial charge in [-0.15, -0.1) is 0 Å². The molecule has 0 bridgehead atoms. The molecule has 1 aromatic rings. The summed E-state index contributed by atoms with van der Waals surface area (Å²) in [6.45, 7) is 3.22. The molecule has 15 heavy (non-hydrogen) atoms. The van der Waals surface area contributed by atoms with Gasteiger partial charge in [0.25, 0.3) is 0 Å². The lowest BCUT2D eigenvalue weighted by atomic mass is 9.95. The maximum Gasteiger partial charge on any atom is 0.0560 e. The topological polar surface area (TPSA) is 29.9 Å². The van der Waals surface area contributed by atoms with Crippen molar-refractivity contribution in [2.24, 2.45) is 0 Å². The van der Waals surface area contributed by atoms with Crippen LogP contribution in [0.1, 0.15) is 39.0 Å². The highest BCUT2D eigenvalue weighted by Crippen LogP contribution is 2.17. The lowest BCUT2D eigenvalue weighted by molar-refractivity contribution is 0.323. The highest BCUT2D eigenvalue weighted by atomic mass is 15.3. The van der Waals surface area contributed by atoms with E-state index >= 15 is 0 Å². The van der Waals surface area contributed by atoms with Crippen molar-refractivity contribution >= 4 is 0 Å². The van der Waals surface area contributed by atoms with Crippen LogP contribution in [-0.4, -0.2) is 21.9 Å². The SMILES string of the molecule is CC(Cn1cccn1)NC1CCCCC1. The van der Waals surface area contributed by atoms with Gasteiger partial charge in [0.2, 0.25) is 0 Å². The molecule has 1 N–H and O–H groups in total. The number of aromatic nitrogens is 2. The van der Waals surface area contributed by atoms with Gasteiger partial charge in [-0.1, -0.05) is 19.3 Å². The first-order chi connectivity index (χ1) is 7.34. The fraction of sp³-hybridized carbons (Fsp3) is 0.750. The lowest BCUT2D eigenvalue weighted by Crippen LogP contribution is -2.40. The predicted octanol–water partition coefficient (Wildman–Crippen LogP) is 2.19. The normalized spacial score (nSPS) is 20.3. The molecular formula is C12H21N3. The van der Waals surface area contributed by atoms with E-state index in [1.807, 2.05) is 23.1 Å². The quantitative estimate of drug-likeness (QED) is 0.820. The molecule has 84 valence electrons. The van der Waals surface area contributed by atoms with Crippen LogP contribution in [-0.2, 0) is 6.54 Å². The minimum absolute atomic E-state index is 0.521. The van der Waals surface area contributed by atoms with Gasteiger partial charge >= 0.3 is 0 Å². The third kappa shape index (κ3) is 3.34. The van der Waals surface area contributed by atoms with E-state index in [2.05, 4.69) is 17.3 Å². The van der Waals surface area contributed by atoms with Crippen LogP contribution in [0.5, 0.6) is 0 Å². The van der Waals surface area contributed by atoms with E-state index in [1.165, 1.54) is 32.1 Å². The Hall–Kier alpha value is -0.830. The van der Waals surface area contributed by atoms with Crippen LogP contribution in [0.3, 0.4) is 0 Å². The second kappa shape index (κ2) is 5.31. The summed E-state index contributed by atoms with van der Waals surface area (Å²) in [5.74, 6) is 0. The van der Waals surface area contributed by atoms with Crippen LogP contribution in [0.25, 0.3) is 0 Å². The van der Waals surface area contributed by atoms with Crippen molar-refractivity contribution in [3.05, 3.63) is 18.5 Å². The van der Waals surface area contributed by atoms with Crippen LogP contribution in [0, 0.1) is 0 Å². The van der Waals surface area contributed by atoms with Crippen molar-refractivity contribution in [1.29, 1.82) is 0 Å². The first-order valence-electron chi connectivity index (χ1n) is 6.08. The minimum atomic E-state index is 0.521. The fourth-order valence-corrected chi connectivity index (χ4v) is 2.41. The Morgan fingerprint density at radius 2 is 2.20 bits per heavy atom. The lowest BCUT2D eigenvalue weighted by Gasteiger charge is -2.26. The molecule has 1 aromatic heterocycles. The third-order valence-electron chi connectivity index (χ3n) is 3.15. The molecule has 0 radical (unpaired) electrons. The molecule has 1 saturated carbocycles. The van der Waals surface area contributed by atoms with Gasteiger partial charge in [0, 0.05) is 24.5 Å². The molecule has 3 nitrogen and oxygen atoms in total. The van der Waals surface area contributed by atoms with Crippen LogP contribution in [0.15, 0.2) is 18.5 Å². The van der Waals surface area contributed by atoms with E-state index in [-0.39, 0.29) is 0 Å². The Kier molecular flexibility index (Phi) is 3.78. The summed E-state index contributed by atoms with van der Waals surface area (Å²) < 4.78 is 2.00. The van der Waals surface area contributed by atoms with Crippen molar-refractivity contribution in [3.8, 4) is 0 Å². The maximum atomic E-state index is 4.23. The van der Waals surface area contributed by atoms with Crippen molar-refractivity contribution in [2.45, 2.75) is 57.7 Å². The van der Waals surface area contributed by atoms with E-state index < -0.39 is 0 Å². The molecule has 3 heteroatoms. The molecule has 2 rings (SSSR count). The Morgan fingerprint density at radius 1 is 1.40 bits per heavy atom. The van der Waals surface area contributed by atoms with Crippen molar-refractivity contribution in [3.63, 3.8) is 0 Å². The van der Waals surface area contributed by atoms with Gasteiger partial charge in [0.1, 0.15) is 0 Å². The van der Waals surface area contributed by atoms with Crippen LogP contribution < -0.4 is 5.32 Å². The number of nitrogens with zero attached hydrogens (tertiary/aromatic N) is 2. The average molecular weight is 207 g/mol. The minimum Gasteiger partial charge on any atom is -0.310 e. The summed E-state index contributed by atoms with van der Waals surface area (Å²) in [6, 6.07) is 3.24. The van der Waals surface area contributed by atoms with Gasteiger partial charge < -0.3 is 5.32 Å². The summed E-state index contributed by atoms with van der Waals surface area (Å²) in [7, 11) is 0. The summed E-state index contributed by atoms with van der Waals surface area (Å²) in [5.41, 5.74) is 0. The van der Waals surface area contributed by atoms with Crippen LogP contribution >= 0.6 is 0 Å². The van der Waals surface area contributed by atoms with Crippen molar-refractivity contribution in [1.82, 2.24) is 15.1 Å². The summed E-state index contributed by atoms with van der Waals surface area (Å²) in [5, 5.41) is 7.92. The van der Waals surface area contributed by atoms with Gasteiger partial charge in [0.15, 0.2) is 0 Å². The zero-order chi connectivity index (χ0) is 10.5. The van der Waals surface area contributed by atoms with Gasteiger partial charge in [-0.25, -0.2) is 0 Å². The molecule has 1 heterocycles.